The van der Waals surface area contributed by atoms with Crippen molar-refractivity contribution in [1.29, 1.82) is 5.26 Å². The Hall–Kier alpha value is -2.69. The molecule has 0 atom stereocenters. The average molecular weight is 359 g/mol. The van der Waals surface area contributed by atoms with Gasteiger partial charge in [0.1, 0.15) is 27.5 Å². The van der Waals surface area contributed by atoms with Crippen LogP contribution in [0.15, 0.2) is 35.3 Å². The number of rotatable bonds is 3. The summed E-state index contributed by atoms with van der Waals surface area (Å²) >= 11 is 1.29. The van der Waals surface area contributed by atoms with E-state index in [0.717, 1.165) is 16.9 Å². The molecule has 0 spiro atoms. The Morgan fingerprint density at radius 2 is 1.84 bits per heavy atom. The smallest absolute Gasteiger partial charge is 0.222 e. The molecule has 1 aromatic heterocycles. The summed E-state index contributed by atoms with van der Waals surface area (Å²) in [4.78, 5) is 16.5. The van der Waals surface area contributed by atoms with Crippen LogP contribution in [0.3, 0.4) is 0 Å². The highest BCUT2D eigenvalue weighted by atomic mass is 32.1. The molecule has 0 saturated carbocycles. The summed E-state index contributed by atoms with van der Waals surface area (Å²) in [6.45, 7) is 3.29. The predicted molar refractivity (Wildman–Crippen MR) is 99.7 cm³/mol. The first-order valence-corrected chi connectivity index (χ1v) is 8.18. The summed E-state index contributed by atoms with van der Waals surface area (Å²) in [5, 5.41) is 12.4. The number of methoxy groups -OCH3 is 2. The third kappa shape index (κ3) is 6.37. The molecule has 132 valence electrons. The number of nitrogens with zero attached hydrogens (tertiary/aromatic N) is 2. The van der Waals surface area contributed by atoms with Gasteiger partial charge in [0.15, 0.2) is 0 Å². The third-order valence-corrected chi connectivity index (χ3v) is 3.92. The molecule has 0 bridgehead atoms. The Balaban J connectivity index is 0.000000970. The first-order valence-electron chi connectivity index (χ1n) is 7.36. The fraction of sp³-hybridized carbons (Fsp3) is 0.278. The van der Waals surface area contributed by atoms with Crippen molar-refractivity contribution in [2.24, 2.45) is 4.99 Å². The highest BCUT2D eigenvalue weighted by molar-refractivity contribution is 7.16. The topological polar surface area (TPSA) is 83.7 Å². The van der Waals surface area contributed by atoms with Crippen LogP contribution >= 0.6 is 11.3 Å². The van der Waals surface area contributed by atoms with E-state index in [2.05, 4.69) is 21.1 Å². The van der Waals surface area contributed by atoms with E-state index in [1.165, 1.54) is 18.3 Å². The lowest BCUT2D eigenvalue weighted by Gasteiger charge is -2.07. The Bertz CT molecular complexity index is 774. The van der Waals surface area contributed by atoms with Crippen LogP contribution in [0.4, 0.5) is 5.00 Å². The molecule has 0 saturated heterocycles. The molecule has 1 N–H and O–H groups in total. The maximum absolute atomic E-state index is 11.4. The molecule has 0 fully saturated rings. The Labute approximate surface area is 151 Å². The maximum Gasteiger partial charge on any atom is 0.222 e. The number of carbonyl (C=O) groups is 1. The van der Waals surface area contributed by atoms with Gasteiger partial charge in [-0.25, -0.2) is 4.99 Å². The van der Waals surface area contributed by atoms with E-state index in [1.54, 1.807) is 33.5 Å². The van der Waals surface area contributed by atoms with E-state index >= 15 is 0 Å². The van der Waals surface area contributed by atoms with Crippen LogP contribution in [0.2, 0.25) is 0 Å². The molecule has 6 nitrogen and oxygen atoms in total. The maximum atomic E-state index is 11.4. The minimum Gasteiger partial charge on any atom is -0.497 e. The highest BCUT2D eigenvalue weighted by Gasteiger charge is 2.09. The molecule has 0 radical (unpaired) electrons. The van der Waals surface area contributed by atoms with Crippen LogP contribution in [0.5, 0.6) is 5.75 Å². The van der Waals surface area contributed by atoms with Gasteiger partial charge in [0.05, 0.1) is 7.11 Å². The molecule has 7 heteroatoms. The van der Waals surface area contributed by atoms with Gasteiger partial charge < -0.3 is 14.8 Å². The third-order valence-electron chi connectivity index (χ3n) is 2.89. The van der Waals surface area contributed by atoms with Gasteiger partial charge in [-0.3, -0.25) is 4.79 Å². The van der Waals surface area contributed by atoms with Gasteiger partial charge in [0.25, 0.3) is 0 Å². The molecule has 0 unspecified atom stereocenters. The van der Waals surface area contributed by atoms with Crippen molar-refractivity contribution in [3.63, 3.8) is 0 Å². The van der Waals surface area contributed by atoms with E-state index in [0.29, 0.717) is 15.7 Å². The number of amidine groups is 1. The second-order valence-corrected chi connectivity index (χ2v) is 6.02. The summed E-state index contributed by atoms with van der Waals surface area (Å²) < 4.78 is 9.37. The first-order chi connectivity index (χ1) is 11.9. The zero-order chi connectivity index (χ0) is 18.8. The van der Waals surface area contributed by atoms with Crippen molar-refractivity contribution in [3.05, 3.63) is 46.3 Å². The van der Waals surface area contributed by atoms with E-state index in [1.807, 2.05) is 25.1 Å². The summed E-state index contributed by atoms with van der Waals surface area (Å²) in [6.07, 6.45) is 0. The average Bonchev–Trinajstić information content (AvgIpc) is 2.94. The predicted octanol–water partition coefficient (Wildman–Crippen LogP) is 3.41. The van der Waals surface area contributed by atoms with Gasteiger partial charge in [-0.2, -0.15) is 5.26 Å². The van der Waals surface area contributed by atoms with E-state index in [4.69, 9.17) is 10.00 Å². The standard InChI is InChI=1S/C16H15N3O2S.C2H6O/c1-10-8-15(22-14(10)9-17)19-16(18-11(2)20)12-4-6-13(21-3)7-5-12;1-3-2/h4-8H,1-3H3,(H,18,19,20);1-2H3. The Morgan fingerprint density at radius 3 is 2.28 bits per heavy atom. The fourth-order valence-electron chi connectivity index (χ4n) is 1.82. The number of thiophene rings is 1. The number of benzene rings is 1. The molecule has 2 aromatic rings. The van der Waals surface area contributed by atoms with Crippen LogP contribution in [-0.2, 0) is 9.53 Å². The normalized spacial score (nSPS) is 10.3. The first kappa shape index (κ1) is 20.4. The fourth-order valence-corrected chi connectivity index (χ4v) is 2.67. The number of aryl methyl sites for hydroxylation is 1. The lowest BCUT2D eigenvalue weighted by Crippen LogP contribution is -2.28. The zero-order valence-corrected chi connectivity index (χ0v) is 15.7. The number of carbonyl (C=O) groups excluding carboxylic acids is 1. The number of amides is 1. The monoisotopic (exact) mass is 359 g/mol. The van der Waals surface area contributed by atoms with Gasteiger partial charge >= 0.3 is 0 Å². The Kier molecular flexibility index (Phi) is 8.33. The zero-order valence-electron chi connectivity index (χ0n) is 14.9. The molecular formula is C18H21N3O3S. The minimum absolute atomic E-state index is 0.205. The van der Waals surface area contributed by atoms with Crippen molar-refractivity contribution in [1.82, 2.24) is 5.32 Å². The lowest BCUT2D eigenvalue weighted by molar-refractivity contribution is -0.117. The van der Waals surface area contributed by atoms with Crippen LogP contribution in [0, 0.1) is 18.3 Å². The summed E-state index contributed by atoms with van der Waals surface area (Å²) in [5.74, 6) is 0.967. The van der Waals surface area contributed by atoms with Gasteiger partial charge in [-0.1, -0.05) is 0 Å². The minimum atomic E-state index is -0.205. The number of ether oxygens (including phenoxy) is 2. The molecule has 0 aliphatic heterocycles. The number of nitrogens with one attached hydrogen (secondary N) is 1. The van der Waals surface area contributed by atoms with Gasteiger partial charge in [-0.05, 0) is 42.8 Å². The van der Waals surface area contributed by atoms with E-state index in [-0.39, 0.29) is 5.91 Å². The molecule has 1 aromatic carbocycles. The van der Waals surface area contributed by atoms with Gasteiger partial charge in [-0.15, -0.1) is 11.3 Å². The van der Waals surface area contributed by atoms with E-state index in [9.17, 15) is 4.79 Å². The number of hydrogen-bond acceptors (Lipinski definition) is 6. The van der Waals surface area contributed by atoms with Crippen LogP contribution in [-0.4, -0.2) is 33.1 Å². The SMILES string of the molecule is COC.COc1ccc(/C(=N/c2cc(C)c(C#N)s2)NC(C)=O)cc1. The second kappa shape index (κ2) is 10.2. The second-order valence-electron chi connectivity index (χ2n) is 4.99. The van der Waals surface area contributed by atoms with Crippen LogP contribution in [0.25, 0.3) is 0 Å². The Morgan fingerprint density at radius 1 is 1.24 bits per heavy atom. The van der Waals surface area contributed by atoms with Gasteiger partial charge in [0, 0.05) is 26.7 Å². The molecular weight excluding hydrogens is 338 g/mol. The molecule has 1 amide bonds. The van der Waals surface area contributed by atoms with Crippen molar-refractivity contribution >= 4 is 28.1 Å². The highest BCUT2D eigenvalue weighted by Crippen LogP contribution is 2.29. The molecule has 1 heterocycles. The van der Waals surface area contributed by atoms with Crippen molar-refractivity contribution in [2.75, 3.05) is 21.3 Å². The number of nitriles is 1. The van der Waals surface area contributed by atoms with Crippen molar-refractivity contribution in [2.45, 2.75) is 13.8 Å². The molecule has 2 rings (SSSR count). The van der Waals surface area contributed by atoms with E-state index < -0.39 is 0 Å². The largest absolute Gasteiger partial charge is 0.497 e. The quantitative estimate of drug-likeness (QED) is 0.672. The van der Waals surface area contributed by atoms with Crippen molar-refractivity contribution in [3.8, 4) is 11.8 Å². The molecule has 0 aliphatic rings. The molecule has 25 heavy (non-hydrogen) atoms. The molecule has 0 aliphatic carbocycles. The summed E-state index contributed by atoms with van der Waals surface area (Å²) in [6, 6.07) is 11.2. The van der Waals surface area contributed by atoms with Crippen LogP contribution < -0.4 is 10.1 Å². The lowest BCUT2D eigenvalue weighted by atomic mass is 10.2. The number of aliphatic imine (C=N–C) groups is 1. The van der Waals surface area contributed by atoms with Gasteiger partial charge in [0.2, 0.25) is 5.91 Å². The number of hydrogen-bond donors (Lipinski definition) is 1. The van der Waals surface area contributed by atoms with Crippen LogP contribution in [0.1, 0.15) is 22.9 Å². The van der Waals surface area contributed by atoms with Crippen molar-refractivity contribution < 1.29 is 14.3 Å². The summed E-state index contributed by atoms with van der Waals surface area (Å²) in [7, 11) is 4.84. The summed E-state index contributed by atoms with van der Waals surface area (Å²) in [5.41, 5.74) is 1.64.